The minimum atomic E-state index is -3.18. The van der Waals surface area contributed by atoms with Gasteiger partial charge >= 0.3 is 7.60 Å². The van der Waals surface area contributed by atoms with Crippen LogP contribution in [-0.2, 0) is 18.4 Å². The molecule has 0 bridgehead atoms. The van der Waals surface area contributed by atoms with Crippen LogP contribution in [0.4, 0.5) is 0 Å². The number of Topliss-reactive ketones (excluding diaryl/α,β-unsaturated/α-hetero) is 1. The third-order valence-corrected chi connectivity index (χ3v) is 5.33. The number of carbonyl (C=O) groups is 1. The minimum Gasteiger partial charge on any atom is -0.312 e. The van der Waals surface area contributed by atoms with Crippen molar-refractivity contribution in [2.24, 2.45) is 11.8 Å². The largest absolute Gasteiger partial charge is 0.337 e. The van der Waals surface area contributed by atoms with Gasteiger partial charge in [-0.3, -0.25) is 9.36 Å². The Hall–Kier alpha value is -0.180. The Morgan fingerprint density at radius 2 is 1.81 bits per heavy atom. The molecule has 16 heavy (non-hydrogen) atoms. The molecule has 1 rings (SSSR count). The lowest BCUT2D eigenvalue weighted by atomic mass is 9.90. The van der Waals surface area contributed by atoms with Crippen LogP contribution in [0, 0.1) is 11.8 Å². The summed E-state index contributed by atoms with van der Waals surface area (Å²) < 4.78 is 21.4. The zero-order valence-corrected chi connectivity index (χ0v) is 11.2. The van der Waals surface area contributed by atoms with E-state index in [1.807, 2.05) is 6.92 Å². The van der Waals surface area contributed by atoms with Crippen LogP contribution in [0.15, 0.2) is 0 Å². The lowest BCUT2D eigenvalue weighted by Crippen LogP contribution is -2.22. The van der Waals surface area contributed by atoms with E-state index in [2.05, 4.69) is 0 Å². The second-order valence-corrected chi connectivity index (χ2v) is 6.70. The zero-order chi connectivity index (χ0) is 12.2. The summed E-state index contributed by atoms with van der Waals surface area (Å²) in [5, 5.41) is 0. The maximum atomic E-state index is 11.9. The fourth-order valence-electron chi connectivity index (χ4n) is 2.26. The summed E-state index contributed by atoms with van der Waals surface area (Å²) in [5.74, 6) is 0.426. The van der Waals surface area contributed by atoms with Crippen molar-refractivity contribution in [2.75, 3.05) is 20.4 Å². The molecule has 0 heterocycles. The molecular weight excluding hydrogens is 227 g/mol. The Morgan fingerprint density at radius 1 is 1.31 bits per heavy atom. The molecule has 1 aliphatic rings. The molecule has 5 heteroatoms. The zero-order valence-electron chi connectivity index (χ0n) is 10.3. The number of hydrogen-bond donors (Lipinski definition) is 0. The summed E-state index contributed by atoms with van der Waals surface area (Å²) >= 11 is 0. The van der Waals surface area contributed by atoms with Gasteiger partial charge < -0.3 is 9.05 Å². The molecule has 4 nitrogen and oxygen atoms in total. The molecule has 1 aliphatic carbocycles. The highest BCUT2D eigenvalue weighted by atomic mass is 31.2. The first-order chi connectivity index (χ1) is 7.52. The van der Waals surface area contributed by atoms with E-state index < -0.39 is 7.60 Å². The second-order valence-electron chi connectivity index (χ2n) is 4.43. The van der Waals surface area contributed by atoms with E-state index in [1.165, 1.54) is 27.1 Å². The van der Waals surface area contributed by atoms with Gasteiger partial charge in [0, 0.05) is 20.1 Å². The van der Waals surface area contributed by atoms with Crippen LogP contribution in [0.2, 0.25) is 0 Å². The molecular formula is C11H21O4P. The van der Waals surface area contributed by atoms with E-state index >= 15 is 0 Å². The Balaban J connectivity index is 2.53. The van der Waals surface area contributed by atoms with Crippen LogP contribution in [0.25, 0.3) is 0 Å². The molecule has 0 aliphatic heterocycles. The topological polar surface area (TPSA) is 52.6 Å². The molecule has 1 unspecified atom stereocenters. The molecule has 0 saturated heterocycles. The van der Waals surface area contributed by atoms with Crippen LogP contribution in [0.1, 0.15) is 32.6 Å². The summed E-state index contributed by atoms with van der Waals surface area (Å²) in [6, 6.07) is 0. The Bertz CT molecular complexity index is 276. The maximum Gasteiger partial charge on any atom is 0.337 e. The molecule has 1 fully saturated rings. The van der Waals surface area contributed by atoms with Crippen molar-refractivity contribution in [3.05, 3.63) is 0 Å². The molecule has 1 saturated carbocycles. The maximum absolute atomic E-state index is 11.9. The first-order valence-electron chi connectivity index (χ1n) is 5.75. The molecule has 0 aromatic heterocycles. The lowest BCUT2D eigenvalue weighted by Gasteiger charge is -2.19. The van der Waals surface area contributed by atoms with Gasteiger partial charge in [-0.2, -0.15) is 0 Å². The number of ketones is 1. The summed E-state index contributed by atoms with van der Waals surface area (Å²) in [6.45, 7) is 1.92. The van der Waals surface area contributed by atoms with Gasteiger partial charge in [0.25, 0.3) is 0 Å². The van der Waals surface area contributed by atoms with E-state index in [1.54, 1.807) is 0 Å². The third kappa shape index (κ3) is 3.41. The van der Waals surface area contributed by atoms with Gasteiger partial charge in [0.2, 0.25) is 0 Å². The van der Waals surface area contributed by atoms with Gasteiger partial charge in [-0.05, 0) is 18.8 Å². The van der Waals surface area contributed by atoms with Crippen LogP contribution in [0.3, 0.4) is 0 Å². The molecule has 0 radical (unpaired) electrons. The molecule has 0 spiro atoms. The second kappa shape index (κ2) is 5.95. The summed E-state index contributed by atoms with van der Waals surface area (Å²) in [6.07, 6.45) is 4.52. The monoisotopic (exact) mass is 248 g/mol. The molecule has 0 amide bonds. The van der Waals surface area contributed by atoms with Gasteiger partial charge in [-0.25, -0.2) is 0 Å². The molecule has 0 N–H and O–H groups in total. The van der Waals surface area contributed by atoms with Crippen LogP contribution in [0.5, 0.6) is 0 Å². The highest BCUT2D eigenvalue weighted by Crippen LogP contribution is 2.47. The predicted octanol–water partition coefficient (Wildman–Crippen LogP) is 2.87. The summed E-state index contributed by atoms with van der Waals surface area (Å²) in [4.78, 5) is 11.9. The first kappa shape index (κ1) is 13.9. The normalized spacial score (nSPS) is 19.9. The van der Waals surface area contributed by atoms with Gasteiger partial charge in [0.15, 0.2) is 0 Å². The van der Waals surface area contributed by atoms with Crippen molar-refractivity contribution in [1.29, 1.82) is 0 Å². The molecule has 0 aromatic rings. The van der Waals surface area contributed by atoms with E-state index in [4.69, 9.17) is 9.05 Å². The van der Waals surface area contributed by atoms with E-state index in [-0.39, 0.29) is 17.9 Å². The van der Waals surface area contributed by atoms with Crippen molar-refractivity contribution in [1.82, 2.24) is 0 Å². The average Bonchev–Trinajstić information content (AvgIpc) is 2.81. The van der Waals surface area contributed by atoms with E-state index in [0.717, 1.165) is 12.8 Å². The third-order valence-electron chi connectivity index (χ3n) is 3.52. The molecule has 94 valence electrons. The fourth-order valence-corrected chi connectivity index (χ4v) is 3.34. The summed E-state index contributed by atoms with van der Waals surface area (Å²) in [5.41, 5.74) is 0. The Morgan fingerprint density at radius 3 is 2.25 bits per heavy atom. The Kier molecular flexibility index (Phi) is 5.16. The standard InChI is InChI=1S/C11H21O4P/c1-9(10-6-4-5-7-10)11(12)8-16(13,14-2)15-3/h9-10H,4-8H2,1-3H3. The van der Waals surface area contributed by atoms with E-state index in [9.17, 15) is 9.36 Å². The van der Waals surface area contributed by atoms with Crippen molar-refractivity contribution in [3.8, 4) is 0 Å². The van der Waals surface area contributed by atoms with Crippen LogP contribution in [-0.4, -0.2) is 26.2 Å². The van der Waals surface area contributed by atoms with Crippen molar-refractivity contribution >= 4 is 13.4 Å². The Labute approximate surface area is 97.2 Å². The van der Waals surface area contributed by atoms with Gasteiger partial charge in [-0.15, -0.1) is 0 Å². The molecule has 1 atom stereocenters. The van der Waals surface area contributed by atoms with Crippen molar-refractivity contribution in [3.63, 3.8) is 0 Å². The SMILES string of the molecule is COP(=O)(CC(=O)C(C)C1CCCC1)OC. The van der Waals surface area contributed by atoms with E-state index in [0.29, 0.717) is 5.92 Å². The number of rotatable bonds is 6. The molecule has 0 aromatic carbocycles. The quantitative estimate of drug-likeness (QED) is 0.678. The number of hydrogen-bond acceptors (Lipinski definition) is 4. The average molecular weight is 248 g/mol. The van der Waals surface area contributed by atoms with Gasteiger partial charge in [0.1, 0.15) is 11.9 Å². The lowest BCUT2D eigenvalue weighted by molar-refractivity contribution is -0.121. The number of carbonyl (C=O) groups excluding carboxylic acids is 1. The predicted molar refractivity (Wildman–Crippen MR) is 62.6 cm³/mol. The van der Waals surface area contributed by atoms with Crippen molar-refractivity contribution < 1.29 is 18.4 Å². The van der Waals surface area contributed by atoms with Crippen LogP contribution >= 0.6 is 7.60 Å². The summed E-state index contributed by atoms with van der Waals surface area (Å²) in [7, 11) is -0.546. The first-order valence-corrected chi connectivity index (χ1v) is 7.48. The fraction of sp³-hybridized carbons (Fsp3) is 0.909. The van der Waals surface area contributed by atoms with Gasteiger partial charge in [-0.1, -0.05) is 19.8 Å². The highest BCUT2D eigenvalue weighted by molar-refractivity contribution is 7.54. The minimum absolute atomic E-state index is 0.000988. The van der Waals surface area contributed by atoms with Crippen LogP contribution < -0.4 is 0 Å². The van der Waals surface area contributed by atoms with Gasteiger partial charge in [0.05, 0.1) is 0 Å². The smallest absolute Gasteiger partial charge is 0.312 e. The highest BCUT2D eigenvalue weighted by Gasteiger charge is 2.32. The van der Waals surface area contributed by atoms with Crippen molar-refractivity contribution in [2.45, 2.75) is 32.6 Å².